The summed E-state index contributed by atoms with van der Waals surface area (Å²) in [4.78, 5) is 0.335. The Balaban J connectivity index is 3.36. The molecule has 0 unspecified atom stereocenters. The Labute approximate surface area is 91.2 Å². The Kier molecular flexibility index (Phi) is 2.83. The second kappa shape index (κ2) is 3.52. The van der Waals surface area contributed by atoms with Crippen LogP contribution in [0.4, 0.5) is 5.69 Å². The number of benzene rings is 1. The van der Waals surface area contributed by atoms with Crippen LogP contribution < -0.4 is 5.73 Å². The van der Waals surface area contributed by atoms with Crippen LogP contribution in [0, 0.1) is 6.92 Å². The molecule has 0 aliphatic rings. The number of rotatable bonds is 1. The van der Waals surface area contributed by atoms with Crippen LogP contribution in [0.5, 0.6) is 0 Å². The zero-order chi connectivity index (χ0) is 11.9. The number of sulfone groups is 1. The van der Waals surface area contributed by atoms with Gasteiger partial charge in [0.25, 0.3) is 0 Å². The summed E-state index contributed by atoms with van der Waals surface area (Å²) in [5.41, 5.74) is 7.05. The van der Waals surface area contributed by atoms with Crippen molar-refractivity contribution >= 4 is 15.5 Å². The lowest BCUT2D eigenvalue weighted by atomic mass is 10.2. The van der Waals surface area contributed by atoms with E-state index in [1.165, 1.54) is 0 Å². The minimum absolute atomic E-state index is 0.335. The fourth-order valence-electron chi connectivity index (χ4n) is 1.17. The molecule has 0 spiro atoms. The van der Waals surface area contributed by atoms with Crippen molar-refractivity contribution in [1.29, 1.82) is 0 Å². The van der Waals surface area contributed by atoms with Crippen molar-refractivity contribution < 1.29 is 8.42 Å². The molecule has 15 heavy (non-hydrogen) atoms. The summed E-state index contributed by atoms with van der Waals surface area (Å²) < 4.78 is 23.4. The third-order valence-corrected chi connectivity index (χ3v) is 4.84. The highest BCUT2D eigenvalue weighted by Crippen LogP contribution is 2.26. The normalized spacial score (nSPS) is 12.8. The third kappa shape index (κ3) is 2.15. The molecule has 1 aromatic carbocycles. The monoisotopic (exact) mass is 227 g/mol. The summed E-state index contributed by atoms with van der Waals surface area (Å²) in [6.45, 7) is 6.87. The second-order valence-electron chi connectivity index (χ2n) is 4.63. The van der Waals surface area contributed by atoms with Crippen molar-refractivity contribution in [3.8, 4) is 0 Å². The number of nitrogen functional groups attached to an aromatic ring is 1. The molecule has 0 heterocycles. The van der Waals surface area contributed by atoms with Crippen LogP contribution in [0.15, 0.2) is 23.1 Å². The SMILES string of the molecule is Cc1cc(S(=O)(=O)C(C)(C)C)ccc1N. The molecule has 0 fully saturated rings. The van der Waals surface area contributed by atoms with Crippen molar-refractivity contribution in [2.45, 2.75) is 37.3 Å². The van der Waals surface area contributed by atoms with E-state index in [9.17, 15) is 8.42 Å². The molecule has 3 nitrogen and oxygen atoms in total. The summed E-state index contributed by atoms with van der Waals surface area (Å²) >= 11 is 0. The Bertz CT molecular complexity index is 470. The fourth-order valence-corrected chi connectivity index (χ4v) is 2.46. The molecule has 4 heteroatoms. The molecule has 0 radical (unpaired) electrons. The van der Waals surface area contributed by atoms with Crippen molar-refractivity contribution in [3.63, 3.8) is 0 Å². The largest absolute Gasteiger partial charge is 0.399 e. The Hall–Kier alpha value is -1.03. The molecule has 84 valence electrons. The zero-order valence-corrected chi connectivity index (χ0v) is 10.4. The van der Waals surface area contributed by atoms with Crippen LogP contribution >= 0.6 is 0 Å². The highest BCUT2D eigenvalue weighted by molar-refractivity contribution is 7.92. The van der Waals surface area contributed by atoms with Gasteiger partial charge in [0.1, 0.15) is 0 Å². The van der Waals surface area contributed by atoms with E-state index < -0.39 is 14.6 Å². The van der Waals surface area contributed by atoms with Gasteiger partial charge < -0.3 is 5.73 Å². The fraction of sp³-hybridized carbons (Fsp3) is 0.455. The minimum Gasteiger partial charge on any atom is -0.399 e. The predicted molar refractivity (Wildman–Crippen MR) is 62.5 cm³/mol. The topological polar surface area (TPSA) is 60.2 Å². The summed E-state index contributed by atoms with van der Waals surface area (Å²) in [6, 6.07) is 4.81. The van der Waals surface area contributed by atoms with Gasteiger partial charge in [-0.3, -0.25) is 0 Å². The maximum Gasteiger partial charge on any atom is 0.183 e. The smallest absolute Gasteiger partial charge is 0.183 e. The van der Waals surface area contributed by atoms with E-state index in [4.69, 9.17) is 5.73 Å². The Morgan fingerprint density at radius 2 is 1.73 bits per heavy atom. The first kappa shape index (κ1) is 12.0. The van der Waals surface area contributed by atoms with E-state index in [2.05, 4.69) is 0 Å². The molecule has 0 amide bonds. The molecular formula is C11H17NO2S. The van der Waals surface area contributed by atoms with Gasteiger partial charge in [0.2, 0.25) is 0 Å². The van der Waals surface area contributed by atoms with Gasteiger partial charge >= 0.3 is 0 Å². The van der Waals surface area contributed by atoms with Gasteiger partial charge in [0.05, 0.1) is 9.64 Å². The first-order valence-corrected chi connectivity index (χ1v) is 6.25. The van der Waals surface area contributed by atoms with E-state index in [0.29, 0.717) is 10.6 Å². The highest BCUT2D eigenvalue weighted by Gasteiger charge is 2.30. The summed E-state index contributed by atoms with van der Waals surface area (Å²) in [5.74, 6) is 0. The highest BCUT2D eigenvalue weighted by atomic mass is 32.2. The predicted octanol–water partition coefficient (Wildman–Crippen LogP) is 2.15. The lowest BCUT2D eigenvalue weighted by molar-refractivity contribution is 0.560. The quantitative estimate of drug-likeness (QED) is 0.748. The average Bonchev–Trinajstić information content (AvgIpc) is 2.07. The van der Waals surface area contributed by atoms with E-state index in [-0.39, 0.29) is 0 Å². The van der Waals surface area contributed by atoms with Crippen molar-refractivity contribution in [2.75, 3.05) is 5.73 Å². The maximum atomic E-state index is 12.1. The van der Waals surface area contributed by atoms with E-state index >= 15 is 0 Å². The van der Waals surface area contributed by atoms with Gasteiger partial charge in [0, 0.05) is 5.69 Å². The molecule has 0 saturated heterocycles. The van der Waals surface area contributed by atoms with Crippen LogP contribution in [0.2, 0.25) is 0 Å². The molecule has 0 bridgehead atoms. The van der Waals surface area contributed by atoms with Gasteiger partial charge in [-0.2, -0.15) is 0 Å². The van der Waals surface area contributed by atoms with Crippen LogP contribution in [0.25, 0.3) is 0 Å². The van der Waals surface area contributed by atoms with Gasteiger partial charge in [-0.15, -0.1) is 0 Å². The molecule has 1 rings (SSSR count). The van der Waals surface area contributed by atoms with Crippen molar-refractivity contribution in [3.05, 3.63) is 23.8 Å². The third-order valence-electron chi connectivity index (χ3n) is 2.36. The van der Waals surface area contributed by atoms with Crippen LogP contribution in [-0.2, 0) is 9.84 Å². The number of hydrogen-bond acceptors (Lipinski definition) is 3. The van der Waals surface area contributed by atoms with Gasteiger partial charge in [0.15, 0.2) is 9.84 Å². The van der Waals surface area contributed by atoms with Gasteiger partial charge in [-0.1, -0.05) is 0 Å². The average molecular weight is 227 g/mol. The second-order valence-corrected chi connectivity index (χ2v) is 7.34. The molecule has 2 N–H and O–H groups in total. The van der Waals surface area contributed by atoms with Gasteiger partial charge in [-0.05, 0) is 51.5 Å². The maximum absolute atomic E-state index is 12.1. The molecule has 1 aromatic rings. The molecule has 0 aliphatic heterocycles. The van der Waals surface area contributed by atoms with Crippen LogP contribution in [-0.4, -0.2) is 13.2 Å². The first-order chi connectivity index (χ1) is 6.66. The Morgan fingerprint density at radius 3 is 2.13 bits per heavy atom. The first-order valence-electron chi connectivity index (χ1n) is 4.77. The van der Waals surface area contributed by atoms with Gasteiger partial charge in [-0.25, -0.2) is 8.42 Å². The van der Waals surface area contributed by atoms with E-state index in [1.807, 2.05) is 0 Å². The van der Waals surface area contributed by atoms with Crippen LogP contribution in [0.3, 0.4) is 0 Å². The molecule has 0 aliphatic carbocycles. The summed E-state index contributed by atoms with van der Waals surface area (Å²) in [7, 11) is -3.27. The number of aryl methyl sites for hydroxylation is 1. The van der Waals surface area contributed by atoms with Crippen molar-refractivity contribution in [2.24, 2.45) is 0 Å². The van der Waals surface area contributed by atoms with E-state index in [0.717, 1.165) is 5.56 Å². The number of nitrogens with two attached hydrogens (primary N) is 1. The van der Waals surface area contributed by atoms with Crippen molar-refractivity contribution in [1.82, 2.24) is 0 Å². The lowest BCUT2D eigenvalue weighted by Crippen LogP contribution is -2.27. The molecular weight excluding hydrogens is 210 g/mol. The Morgan fingerprint density at radius 1 is 1.20 bits per heavy atom. The minimum atomic E-state index is -3.27. The number of hydrogen-bond donors (Lipinski definition) is 1. The lowest BCUT2D eigenvalue weighted by Gasteiger charge is -2.19. The zero-order valence-electron chi connectivity index (χ0n) is 9.53. The molecule has 0 aromatic heterocycles. The summed E-state index contributed by atoms with van der Waals surface area (Å²) in [5, 5.41) is 0. The van der Waals surface area contributed by atoms with Crippen LogP contribution in [0.1, 0.15) is 26.3 Å². The number of anilines is 1. The standard InChI is InChI=1S/C11H17NO2S/c1-8-7-9(5-6-10(8)12)15(13,14)11(2,3)4/h5-7H,12H2,1-4H3. The molecule has 0 saturated carbocycles. The molecule has 0 atom stereocenters. The summed E-state index contributed by atoms with van der Waals surface area (Å²) in [6.07, 6.45) is 0. The van der Waals surface area contributed by atoms with E-state index in [1.54, 1.807) is 45.9 Å².